The highest BCUT2D eigenvalue weighted by Crippen LogP contribution is 2.26. The van der Waals surface area contributed by atoms with Gasteiger partial charge in [0.05, 0.1) is 0 Å². The van der Waals surface area contributed by atoms with Gasteiger partial charge in [-0.05, 0) is 37.3 Å². The summed E-state index contributed by atoms with van der Waals surface area (Å²) in [4.78, 5) is 0. The van der Waals surface area contributed by atoms with E-state index in [9.17, 15) is 0 Å². The molecule has 1 heteroatoms. The average Bonchev–Trinajstić information content (AvgIpc) is 2.19. The number of benzene rings is 1. The van der Waals surface area contributed by atoms with Crippen LogP contribution in [0.5, 0.6) is 0 Å². The molecule has 1 aromatic carbocycles. The van der Waals surface area contributed by atoms with E-state index in [-0.39, 0.29) is 0 Å². The Morgan fingerprint density at radius 3 is 2.86 bits per heavy atom. The molecule has 0 heterocycles. The van der Waals surface area contributed by atoms with Crippen LogP contribution in [0.4, 0.5) is 0 Å². The molecule has 0 amide bonds. The fourth-order valence-electron chi connectivity index (χ4n) is 1.96. The number of hydrogen-bond acceptors (Lipinski definition) is 1. The number of rotatable bonds is 1. The topological polar surface area (TPSA) is 26.0 Å². The summed E-state index contributed by atoms with van der Waals surface area (Å²) in [6.07, 6.45) is 5.58. The third-order valence-corrected chi connectivity index (χ3v) is 2.84. The predicted octanol–water partition coefficient (Wildman–Crippen LogP) is 2.89. The van der Waals surface area contributed by atoms with Gasteiger partial charge in [-0.25, -0.2) is 0 Å². The molecule has 1 unspecified atom stereocenters. The van der Waals surface area contributed by atoms with E-state index in [0.29, 0.717) is 6.04 Å². The van der Waals surface area contributed by atoms with Crippen molar-refractivity contribution in [3.63, 3.8) is 0 Å². The van der Waals surface area contributed by atoms with E-state index in [1.54, 1.807) is 0 Å². The molecule has 74 valence electrons. The van der Waals surface area contributed by atoms with Gasteiger partial charge in [0.2, 0.25) is 0 Å². The molecule has 0 aromatic heterocycles. The van der Waals surface area contributed by atoms with Crippen molar-refractivity contribution >= 4 is 5.57 Å². The van der Waals surface area contributed by atoms with E-state index in [0.717, 1.165) is 19.3 Å². The van der Waals surface area contributed by atoms with Crippen LogP contribution in [0.25, 0.3) is 5.57 Å². The molecular weight excluding hydrogens is 170 g/mol. The first-order valence-electron chi connectivity index (χ1n) is 5.27. The van der Waals surface area contributed by atoms with Crippen LogP contribution in [0.1, 0.15) is 30.4 Å². The molecule has 2 rings (SSSR count). The Bertz CT molecular complexity index is 352. The maximum Gasteiger partial charge on any atom is 0.00767 e. The standard InChI is InChI=1S/C13H17N/c1-10-3-2-4-12(9-10)11-5-7-13(14)8-6-11/h2-5,9,13H,6-8,14H2,1H3. The quantitative estimate of drug-likeness (QED) is 0.718. The summed E-state index contributed by atoms with van der Waals surface area (Å²) in [5, 5.41) is 0. The van der Waals surface area contributed by atoms with Crippen molar-refractivity contribution in [3.8, 4) is 0 Å². The summed E-state index contributed by atoms with van der Waals surface area (Å²) >= 11 is 0. The zero-order valence-corrected chi connectivity index (χ0v) is 8.66. The van der Waals surface area contributed by atoms with E-state index >= 15 is 0 Å². The number of aryl methyl sites for hydroxylation is 1. The molecule has 14 heavy (non-hydrogen) atoms. The van der Waals surface area contributed by atoms with Crippen LogP contribution >= 0.6 is 0 Å². The molecule has 0 saturated heterocycles. The Morgan fingerprint density at radius 1 is 1.36 bits per heavy atom. The molecule has 1 aliphatic rings. The molecule has 0 aliphatic heterocycles. The predicted molar refractivity (Wildman–Crippen MR) is 61.0 cm³/mol. The molecule has 2 N–H and O–H groups in total. The van der Waals surface area contributed by atoms with Crippen molar-refractivity contribution in [1.29, 1.82) is 0 Å². The third-order valence-electron chi connectivity index (χ3n) is 2.84. The van der Waals surface area contributed by atoms with Crippen LogP contribution in [-0.2, 0) is 0 Å². The summed E-state index contributed by atoms with van der Waals surface area (Å²) in [6, 6.07) is 9.08. The molecule has 1 aliphatic carbocycles. The van der Waals surface area contributed by atoms with Gasteiger partial charge in [-0.1, -0.05) is 35.9 Å². The molecule has 0 bridgehead atoms. The highest BCUT2D eigenvalue weighted by Gasteiger charge is 2.11. The molecular formula is C13H17N. The van der Waals surface area contributed by atoms with Gasteiger partial charge >= 0.3 is 0 Å². The lowest BCUT2D eigenvalue weighted by Gasteiger charge is -2.18. The highest BCUT2D eigenvalue weighted by molar-refractivity contribution is 5.66. The van der Waals surface area contributed by atoms with Crippen molar-refractivity contribution in [2.45, 2.75) is 32.2 Å². The second-order valence-corrected chi connectivity index (χ2v) is 4.13. The number of hydrogen-bond donors (Lipinski definition) is 1. The Labute approximate surface area is 85.6 Å². The Balaban J connectivity index is 2.23. The fraction of sp³-hybridized carbons (Fsp3) is 0.385. The van der Waals surface area contributed by atoms with Gasteiger partial charge in [-0.15, -0.1) is 0 Å². The number of nitrogens with two attached hydrogens (primary N) is 1. The Hall–Kier alpha value is -1.08. The summed E-state index contributed by atoms with van der Waals surface area (Å²) < 4.78 is 0. The molecule has 0 spiro atoms. The Morgan fingerprint density at radius 2 is 2.21 bits per heavy atom. The van der Waals surface area contributed by atoms with Crippen LogP contribution in [0.15, 0.2) is 30.3 Å². The van der Waals surface area contributed by atoms with Crippen molar-refractivity contribution in [1.82, 2.24) is 0 Å². The van der Waals surface area contributed by atoms with E-state index in [1.807, 2.05) is 0 Å². The lowest BCUT2D eigenvalue weighted by atomic mass is 9.91. The first-order valence-corrected chi connectivity index (χ1v) is 5.27. The summed E-state index contributed by atoms with van der Waals surface area (Å²) in [5.74, 6) is 0. The maximum absolute atomic E-state index is 5.86. The minimum absolute atomic E-state index is 0.378. The van der Waals surface area contributed by atoms with Gasteiger partial charge in [-0.3, -0.25) is 0 Å². The van der Waals surface area contributed by atoms with E-state index in [1.165, 1.54) is 16.7 Å². The molecule has 1 atom stereocenters. The normalized spacial score (nSPS) is 21.9. The molecule has 0 fully saturated rings. The minimum Gasteiger partial charge on any atom is -0.327 e. The molecule has 0 saturated carbocycles. The van der Waals surface area contributed by atoms with Gasteiger partial charge < -0.3 is 5.73 Å². The lowest BCUT2D eigenvalue weighted by molar-refractivity contribution is 0.614. The second kappa shape index (κ2) is 3.97. The zero-order chi connectivity index (χ0) is 9.97. The first kappa shape index (κ1) is 9.47. The Kier molecular flexibility index (Phi) is 2.69. The van der Waals surface area contributed by atoms with E-state index in [2.05, 4.69) is 37.3 Å². The van der Waals surface area contributed by atoms with Crippen LogP contribution in [0.3, 0.4) is 0 Å². The van der Waals surface area contributed by atoms with Crippen molar-refractivity contribution in [2.24, 2.45) is 5.73 Å². The SMILES string of the molecule is Cc1cccc(C2=CCC(N)CC2)c1. The molecule has 0 radical (unpaired) electrons. The summed E-state index contributed by atoms with van der Waals surface area (Å²) in [6.45, 7) is 2.14. The van der Waals surface area contributed by atoms with Gasteiger partial charge in [0.25, 0.3) is 0 Å². The van der Waals surface area contributed by atoms with Crippen LogP contribution < -0.4 is 5.73 Å². The van der Waals surface area contributed by atoms with E-state index in [4.69, 9.17) is 5.73 Å². The zero-order valence-electron chi connectivity index (χ0n) is 8.66. The van der Waals surface area contributed by atoms with Crippen LogP contribution in [0, 0.1) is 6.92 Å². The smallest absolute Gasteiger partial charge is 0.00767 e. The monoisotopic (exact) mass is 187 g/mol. The maximum atomic E-state index is 5.86. The first-order chi connectivity index (χ1) is 6.75. The van der Waals surface area contributed by atoms with Crippen LogP contribution in [0.2, 0.25) is 0 Å². The molecule has 1 aromatic rings. The van der Waals surface area contributed by atoms with Gasteiger partial charge in [0, 0.05) is 6.04 Å². The average molecular weight is 187 g/mol. The van der Waals surface area contributed by atoms with E-state index < -0.39 is 0 Å². The van der Waals surface area contributed by atoms with Crippen LogP contribution in [-0.4, -0.2) is 6.04 Å². The van der Waals surface area contributed by atoms with Crippen molar-refractivity contribution in [3.05, 3.63) is 41.5 Å². The lowest BCUT2D eigenvalue weighted by Crippen LogP contribution is -2.21. The third kappa shape index (κ3) is 2.05. The van der Waals surface area contributed by atoms with Crippen molar-refractivity contribution < 1.29 is 0 Å². The molecule has 1 nitrogen and oxygen atoms in total. The largest absolute Gasteiger partial charge is 0.327 e. The summed E-state index contributed by atoms with van der Waals surface area (Å²) in [5.41, 5.74) is 10.0. The number of allylic oxidation sites excluding steroid dienone is 1. The fourth-order valence-corrected chi connectivity index (χ4v) is 1.96. The van der Waals surface area contributed by atoms with Gasteiger partial charge in [0.15, 0.2) is 0 Å². The van der Waals surface area contributed by atoms with Gasteiger partial charge in [0.1, 0.15) is 0 Å². The minimum atomic E-state index is 0.378. The summed E-state index contributed by atoms with van der Waals surface area (Å²) in [7, 11) is 0. The van der Waals surface area contributed by atoms with Gasteiger partial charge in [-0.2, -0.15) is 0 Å². The highest BCUT2D eigenvalue weighted by atomic mass is 14.6. The van der Waals surface area contributed by atoms with Crippen molar-refractivity contribution in [2.75, 3.05) is 0 Å². The second-order valence-electron chi connectivity index (χ2n) is 4.13.